The Balaban J connectivity index is 1.85. The van der Waals surface area contributed by atoms with Crippen LogP contribution in [-0.4, -0.2) is 43.5 Å². The van der Waals surface area contributed by atoms with Crippen molar-refractivity contribution in [3.8, 4) is 0 Å². The highest BCUT2D eigenvalue weighted by Gasteiger charge is 2.24. The number of nitrogens with zero attached hydrogens (tertiary/aromatic N) is 2. The highest BCUT2D eigenvalue weighted by atomic mass is 32.2. The van der Waals surface area contributed by atoms with Crippen molar-refractivity contribution in [3.63, 3.8) is 0 Å². The van der Waals surface area contributed by atoms with Crippen LogP contribution < -0.4 is 10.5 Å². The van der Waals surface area contributed by atoms with Gasteiger partial charge >= 0.3 is 11.9 Å². The summed E-state index contributed by atoms with van der Waals surface area (Å²) >= 11 is 0. The number of furan rings is 1. The number of anilines is 1. The molecule has 33 heavy (non-hydrogen) atoms. The van der Waals surface area contributed by atoms with E-state index in [4.69, 9.17) is 19.6 Å². The summed E-state index contributed by atoms with van der Waals surface area (Å²) in [4.78, 5) is 33.1. The number of aromatic nitrogens is 2. The molecule has 3 N–H and O–H groups in total. The highest BCUT2D eigenvalue weighted by Crippen LogP contribution is 2.29. The number of hydrogen-bond donors (Lipinski definition) is 2. The molecule has 3 rings (SSSR count). The number of benzene rings is 1. The van der Waals surface area contributed by atoms with Crippen molar-refractivity contribution < 1.29 is 31.9 Å². The minimum atomic E-state index is -3.74. The van der Waals surface area contributed by atoms with Crippen LogP contribution in [0.3, 0.4) is 0 Å². The van der Waals surface area contributed by atoms with Crippen LogP contribution in [0.4, 0.5) is 5.82 Å². The Morgan fingerprint density at radius 3 is 2.52 bits per heavy atom. The summed E-state index contributed by atoms with van der Waals surface area (Å²) in [5, 5.41) is 0.221. The molecule has 0 fully saturated rings. The van der Waals surface area contributed by atoms with Gasteiger partial charge in [0.1, 0.15) is 17.1 Å². The van der Waals surface area contributed by atoms with Crippen molar-refractivity contribution in [2.75, 3.05) is 18.9 Å². The molecule has 0 spiro atoms. The number of fused-ring (bicyclic) bond motifs is 1. The van der Waals surface area contributed by atoms with Crippen molar-refractivity contribution in [1.82, 2.24) is 14.7 Å². The average molecular weight is 477 g/mol. The second kappa shape index (κ2) is 9.55. The molecule has 1 aromatic carbocycles. The number of carbonyl (C=O) groups is 2. The molecule has 0 aliphatic heterocycles. The second-order valence-electron chi connectivity index (χ2n) is 7.01. The SMILES string of the molecule is CCNS(=O)(=O)c1ccc(C)c(C(=O)OCc2nc(N)c3c(C(=O)OCC)c(C)oc3n2)c1. The van der Waals surface area contributed by atoms with Crippen LogP contribution in [0.15, 0.2) is 27.5 Å². The molecule has 0 bridgehead atoms. The van der Waals surface area contributed by atoms with Crippen molar-refractivity contribution in [3.05, 3.63) is 46.5 Å². The Kier molecular flexibility index (Phi) is 6.98. The van der Waals surface area contributed by atoms with E-state index in [0.717, 1.165) is 0 Å². The summed E-state index contributed by atoms with van der Waals surface area (Å²) < 4.78 is 42.7. The zero-order chi connectivity index (χ0) is 24.3. The number of hydrogen-bond acceptors (Lipinski definition) is 10. The molecular weight excluding hydrogens is 452 g/mol. The first kappa shape index (κ1) is 24.1. The number of sulfonamides is 1. The van der Waals surface area contributed by atoms with Gasteiger partial charge in [0.15, 0.2) is 12.4 Å². The van der Waals surface area contributed by atoms with Crippen LogP contribution in [0.2, 0.25) is 0 Å². The largest absolute Gasteiger partial charge is 0.462 e. The zero-order valence-electron chi connectivity index (χ0n) is 18.6. The second-order valence-corrected chi connectivity index (χ2v) is 8.78. The normalized spacial score (nSPS) is 11.5. The Morgan fingerprint density at radius 1 is 1.12 bits per heavy atom. The van der Waals surface area contributed by atoms with E-state index < -0.39 is 22.0 Å². The van der Waals surface area contributed by atoms with Crippen molar-refractivity contribution in [2.24, 2.45) is 0 Å². The van der Waals surface area contributed by atoms with Gasteiger partial charge in [0, 0.05) is 6.54 Å². The van der Waals surface area contributed by atoms with Gasteiger partial charge in [-0.2, -0.15) is 4.98 Å². The number of aryl methyl sites for hydroxylation is 2. The molecule has 0 saturated carbocycles. The van der Waals surface area contributed by atoms with E-state index in [1.807, 2.05) is 0 Å². The van der Waals surface area contributed by atoms with E-state index in [-0.39, 0.29) is 64.3 Å². The van der Waals surface area contributed by atoms with Crippen LogP contribution in [0.1, 0.15) is 51.7 Å². The maximum Gasteiger partial charge on any atom is 0.342 e. The predicted molar refractivity (Wildman–Crippen MR) is 118 cm³/mol. The van der Waals surface area contributed by atoms with Gasteiger partial charge in [-0.15, -0.1) is 0 Å². The fraction of sp³-hybridized carbons (Fsp3) is 0.333. The van der Waals surface area contributed by atoms with Gasteiger partial charge in [-0.25, -0.2) is 27.7 Å². The third-order valence-electron chi connectivity index (χ3n) is 4.69. The summed E-state index contributed by atoms with van der Waals surface area (Å²) in [5.74, 6) is -1.07. The monoisotopic (exact) mass is 476 g/mol. The van der Waals surface area contributed by atoms with Gasteiger partial charge < -0.3 is 19.6 Å². The third-order valence-corrected chi connectivity index (χ3v) is 6.23. The maximum atomic E-state index is 12.6. The highest BCUT2D eigenvalue weighted by molar-refractivity contribution is 7.89. The van der Waals surface area contributed by atoms with Crippen molar-refractivity contribution >= 4 is 38.9 Å². The number of ether oxygens (including phenoxy) is 2. The molecule has 2 aromatic heterocycles. The Bertz CT molecular complexity index is 1330. The molecule has 11 nitrogen and oxygen atoms in total. The summed E-state index contributed by atoms with van der Waals surface area (Å²) in [7, 11) is -3.74. The van der Waals surface area contributed by atoms with E-state index in [1.165, 1.54) is 18.2 Å². The Hall–Kier alpha value is -3.51. The summed E-state index contributed by atoms with van der Waals surface area (Å²) in [6.45, 7) is 6.59. The molecule has 0 amide bonds. The van der Waals surface area contributed by atoms with Crippen LogP contribution in [0.25, 0.3) is 11.1 Å². The molecule has 3 aromatic rings. The minimum absolute atomic E-state index is 0.0270. The number of carbonyl (C=O) groups excluding carboxylic acids is 2. The number of esters is 2. The van der Waals surface area contributed by atoms with Gasteiger partial charge in [-0.05, 0) is 38.5 Å². The van der Waals surface area contributed by atoms with Crippen LogP contribution in [0, 0.1) is 13.8 Å². The van der Waals surface area contributed by atoms with Crippen LogP contribution >= 0.6 is 0 Å². The Labute approximate surface area is 190 Å². The van der Waals surface area contributed by atoms with Gasteiger partial charge in [0.2, 0.25) is 15.7 Å². The van der Waals surface area contributed by atoms with Crippen molar-refractivity contribution in [2.45, 2.75) is 39.2 Å². The van der Waals surface area contributed by atoms with E-state index in [2.05, 4.69) is 14.7 Å². The number of nitrogens with one attached hydrogen (secondary N) is 1. The quantitative estimate of drug-likeness (QED) is 0.461. The molecule has 176 valence electrons. The van der Waals surface area contributed by atoms with Crippen LogP contribution in [-0.2, 0) is 26.1 Å². The fourth-order valence-corrected chi connectivity index (χ4v) is 4.23. The van der Waals surface area contributed by atoms with E-state index >= 15 is 0 Å². The average Bonchev–Trinajstić information content (AvgIpc) is 3.08. The lowest BCUT2D eigenvalue weighted by molar-refractivity contribution is 0.0460. The van der Waals surface area contributed by atoms with Gasteiger partial charge in [0.05, 0.1) is 22.5 Å². The van der Waals surface area contributed by atoms with Crippen molar-refractivity contribution in [1.29, 1.82) is 0 Å². The smallest absolute Gasteiger partial charge is 0.342 e. The van der Waals surface area contributed by atoms with E-state index in [0.29, 0.717) is 5.56 Å². The maximum absolute atomic E-state index is 12.6. The lowest BCUT2D eigenvalue weighted by Crippen LogP contribution is -2.23. The lowest BCUT2D eigenvalue weighted by Gasteiger charge is -2.10. The van der Waals surface area contributed by atoms with Gasteiger partial charge in [0.25, 0.3) is 0 Å². The summed E-state index contributed by atoms with van der Waals surface area (Å²) in [5.41, 5.74) is 6.83. The lowest BCUT2D eigenvalue weighted by atomic mass is 10.1. The first-order chi connectivity index (χ1) is 15.6. The molecule has 2 heterocycles. The molecule has 0 unspecified atom stereocenters. The van der Waals surface area contributed by atoms with Gasteiger partial charge in [-0.3, -0.25) is 0 Å². The fourth-order valence-electron chi connectivity index (χ4n) is 3.17. The molecule has 0 aliphatic rings. The molecule has 12 heteroatoms. The summed E-state index contributed by atoms with van der Waals surface area (Å²) in [6.07, 6.45) is 0. The molecule has 0 saturated heterocycles. The first-order valence-electron chi connectivity index (χ1n) is 10.1. The standard InChI is InChI=1S/C21H24N4O7S/c1-5-23-33(28,29)13-8-7-11(3)14(9-13)20(26)31-10-15-24-18(22)17-16(21(27)30-6-2)12(4)32-19(17)25-15/h7-9,23H,5-6,10H2,1-4H3,(H2,22,24,25). The van der Waals surface area contributed by atoms with E-state index in [1.54, 1.807) is 27.7 Å². The molecule has 0 atom stereocenters. The number of nitrogens with two attached hydrogens (primary N) is 1. The van der Waals surface area contributed by atoms with Crippen LogP contribution in [0.5, 0.6) is 0 Å². The molecule has 0 aliphatic carbocycles. The zero-order valence-corrected chi connectivity index (χ0v) is 19.4. The van der Waals surface area contributed by atoms with E-state index in [9.17, 15) is 18.0 Å². The Morgan fingerprint density at radius 2 is 1.85 bits per heavy atom. The minimum Gasteiger partial charge on any atom is -0.462 e. The first-order valence-corrected chi connectivity index (χ1v) is 11.6. The molecule has 0 radical (unpaired) electrons. The number of rotatable bonds is 8. The predicted octanol–water partition coefficient (Wildman–Crippen LogP) is 2.25. The third kappa shape index (κ3) is 4.96. The topological polar surface area (TPSA) is 164 Å². The van der Waals surface area contributed by atoms with Gasteiger partial charge in [-0.1, -0.05) is 13.0 Å². The summed E-state index contributed by atoms with van der Waals surface area (Å²) in [6, 6.07) is 4.17. The number of nitrogen functional groups attached to an aromatic ring is 1. The molecular formula is C21H24N4O7S.